The second kappa shape index (κ2) is 8.41. The lowest BCUT2D eigenvalue weighted by molar-refractivity contribution is 0.0525. The minimum absolute atomic E-state index is 0.0273. The molecular weight excluding hydrogens is 403 g/mol. The smallest absolute Gasteiger partial charge is 0.341 e. The number of ether oxygens (including phenoxy) is 1. The Morgan fingerprint density at radius 2 is 2.00 bits per heavy atom. The minimum Gasteiger partial charge on any atom is -0.462 e. The van der Waals surface area contributed by atoms with Crippen LogP contribution in [0.3, 0.4) is 0 Å². The number of nitrogens with one attached hydrogen (secondary N) is 1. The van der Waals surface area contributed by atoms with Gasteiger partial charge in [0.05, 0.1) is 29.2 Å². The molecule has 144 valence electrons. The first kappa shape index (κ1) is 19.9. The number of nitrogens with zero attached hydrogens (tertiary/aromatic N) is 3. The fourth-order valence-corrected chi connectivity index (χ4v) is 2.90. The third kappa shape index (κ3) is 4.16. The van der Waals surface area contributed by atoms with Crippen LogP contribution in [-0.4, -0.2) is 33.2 Å². The predicted octanol–water partition coefficient (Wildman–Crippen LogP) is 4.31. The maximum Gasteiger partial charge on any atom is 0.341 e. The molecule has 1 amide bonds. The quantitative estimate of drug-likeness (QED) is 0.492. The van der Waals surface area contributed by atoms with Crippen LogP contribution in [0.5, 0.6) is 0 Å². The van der Waals surface area contributed by atoms with Gasteiger partial charge in [0.1, 0.15) is 16.4 Å². The standard InChI is InChI=1S/C19H16Cl2N4O3/c1-3-28-19(27)14-10-22-25(11(14)2)13-6-4-5-12(9-13)23-18(26)17-15(20)7-8-16(21)24-17/h4-10H,3H2,1-2H3,(H,23,26). The van der Waals surface area contributed by atoms with Gasteiger partial charge in [-0.1, -0.05) is 29.3 Å². The lowest BCUT2D eigenvalue weighted by Gasteiger charge is -2.10. The summed E-state index contributed by atoms with van der Waals surface area (Å²) in [4.78, 5) is 28.4. The average Bonchev–Trinajstić information content (AvgIpc) is 3.05. The van der Waals surface area contributed by atoms with E-state index in [-0.39, 0.29) is 22.5 Å². The lowest BCUT2D eigenvalue weighted by atomic mass is 10.2. The largest absolute Gasteiger partial charge is 0.462 e. The van der Waals surface area contributed by atoms with Gasteiger partial charge in [0.2, 0.25) is 0 Å². The maximum atomic E-state index is 12.5. The molecule has 0 aliphatic carbocycles. The van der Waals surface area contributed by atoms with Crippen molar-refractivity contribution in [2.75, 3.05) is 11.9 Å². The van der Waals surface area contributed by atoms with Crippen molar-refractivity contribution >= 4 is 40.8 Å². The van der Waals surface area contributed by atoms with Gasteiger partial charge in [-0.05, 0) is 44.2 Å². The molecule has 0 radical (unpaired) electrons. The number of anilines is 1. The molecule has 2 heterocycles. The highest BCUT2D eigenvalue weighted by atomic mass is 35.5. The van der Waals surface area contributed by atoms with Crippen LogP contribution in [-0.2, 0) is 4.74 Å². The van der Waals surface area contributed by atoms with E-state index in [4.69, 9.17) is 27.9 Å². The zero-order valence-electron chi connectivity index (χ0n) is 15.1. The Labute approximate surface area is 171 Å². The van der Waals surface area contributed by atoms with Crippen LogP contribution in [0.15, 0.2) is 42.6 Å². The third-order valence-corrected chi connectivity index (χ3v) is 4.40. The Morgan fingerprint density at radius 1 is 1.21 bits per heavy atom. The summed E-state index contributed by atoms with van der Waals surface area (Å²) in [6.07, 6.45) is 1.45. The van der Waals surface area contributed by atoms with Gasteiger partial charge >= 0.3 is 5.97 Å². The number of pyridine rings is 1. The summed E-state index contributed by atoms with van der Waals surface area (Å²) in [5, 5.41) is 7.34. The van der Waals surface area contributed by atoms with Gasteiger partial charge in [-0.15, -0.1) is 0 Å². The first-order valence-corrected chi connectivity index (χ1v) is 9.12. The van der Waals surface area contributed by atoms with Crippen LogP contribution < -0.4 is 5.32 Å². The van der Waals surface area contributed by atoms with Gasteiger partial charge in [0.15, 0.2) is 0 Å². The van der Waals surface area contributed by atoms with E-state index in [2.05, 4.69) is 15.4 Å². The van der Waals surface area contributed by atoms with E-state index in [9.17, 15) is 9.59 Å². The highest BCUT2D eigenvalue weighted by Gasteiger charge is 2.17. The second-order valence-electron chi connectivity index (χ2n) is 5.74. The van der Waals surface area contributed by atoms with Crippen molar-refractivity contribution in [1.29, 1.82) is 0 Å². The lowest BCUT2D eigenvalue weighted by Crippen LogP contribution is -2.14. The normalized spacial score (nSPS) is 10.6. The van der Waals surface area contributed by atoms with E-state index in [0.29, 0.717) is 22.6 Å². The molecule has 0 spiro atoms. The summed E-state index contributed by atoms with van der Waals surface area (Å²) in [5.74, 6) is -0.925. The minimum atomic E-state index is -0.492. The molecule has 3 aromatic rings. The van der Waals surface area contributed by atoms with Crippen molar-refractivity contribution in [2.24, 2.45) is 0 Å². The number of halogens is 2. The van der Waals surface area contributed by atoms with Gasteiger partial charge in [0, 0.05) is 5.69 Å². The summed E-state index contributed by atoms with van der Waals surface area (Å²) >= 11 is 11.9. The molecular formula is C19H16Cl2N4O3. The Hall–Kier alpha value is -2.90. The third-order valence-electron chi connectivity index (χ3n) is 3.88. The zero-order chi connectivity index (χ0) is 20.3. The zero-order valence-corrected chi connectivity index (χ0v) is 16.6. The van der Waals surface area contributed by atoms with E-state index >= 15 is 0 Å². The molecule has 9 heteroatoms. The molecule has 0 aliphatic rings. The number of rotatable bonds is 5. The van der Waals surface area contributed by atoms with Crippen LogP contribution in [0.2, 0.25) is 10.2 Å². The number of carbonyl (C=O) groups is 2. The van der Waals surface area contributed by atoms with Crippen molar-refractivity contribution in [3.63, 3.8) is 0 Å². The molecule has 0 saturated heterocycles. The van der Waals surface area contributed by atoms with Crippen LogP contribution in [0.1, 0.15) is 33.5 Å². The van der Waals surface area contributed by atoms with E-state index in [1.165, 1.54) is 18.3 Å². The van der Waals surface area contributed by atoms with Crippen molar-refractivity contribution in [1.82, 2.24) is 14.8 Å². The predicted molar refractivity (Wildman–Crippen MR) is 106 cm³/mol. The van der Waals surface area contributed by atoms with Crippen LogP contribution in [0, 0.1) is 6.92 Å². The highest BCUT2D eigenvalue weighted by Crippen LogP contribution is 2.21. The van der Waals surface area contributed by atoms with Crippen molar-refractivity contribution in [2.45, 2.75) is 13.8 Å². The SMILES string of the molecule is CCOC(=O)c1cnn(-c2cccc(NC(=O)c3nc(Cl)ccc3Cl)c2)c1C. The summed E-state index contributed by atoms with van der Waals surface area (Å²) in [6, 6.07) is 9.99. The number of hydrogen-bond donors (Lipinski definition) is 1. The summed E-state index contributed by atoms with van der Waals surface area (Å²) in [6.45, 7) is 3.79. The van der Waals surface area contributed by atoms with Crippen molar-refractivity contribution in [3.05, 3.63) is 69.7 Å². The van der Waals surface area contributed by atoms with Gasteiger partial charge < -0.3 is 10.1 Å². The number of hydrogen-bond acceptors (Lipinski definition) is 5. The number of amides is 1. The number of esters is 1. The molecule has 1 N–H and O–H groups in total. The highest BCUT2D eigenvalue weighted by molar-refractivity contribution is 6.35. The average molecular weight is 419 g/mol. The van der Waals surface area contributed by atoms with Crippen LogP contribution in [0.25, 0.3) is 5.69 Å². The molecule has 7 nitrogen and oxygen atoms in total. The van der Waals surface area contributed by atoms with Crippen molar-refractivity contribution < 1.29 is 14.3 Å². The van der Waals surface area contributed by atoms with E-state index in [0.717, 1.165) is 0 Å². The van der Waals surface area contributed by atoms with Gasteiger partial charge in [-0.3, -0.25) is 4.79 Å². The summed E-state index contributed by atoms with van der Waals surface area (Å²) in [7, 11) is 0. The molecule has 3 rings (SSSR count). The second-order valence-corrected chi connectivity index (χ2v) is 6.54. The molecule has 0 atom stereocenters. The topological polar surface area (TPSA) is 86.1 Å². The molecule has 0 fully saturated rings. The maximum absolute atomic E-state index is 12.5. The summed E-state index contributed by atoms with van der Waals surface area (Å²) < 4.78 is 6.61. The molecule has 2 aromatic heterocycles. The number of carbonyl (C=O) groups excluding carboxylic acids is 2. The number of aromatic nitrogens is 3. The summed E-state index contributed by atoms with van der Waals surface area (Å²) in [5.41, 5.74) is 2.20. The molecule has 0 bridgehead atoms. The Kier molecular flexibility index (Phi) is 5.96. The molecule has 0 saturated carbocycles. The first-order valence-electron chi connectivity index (χ1n) is 8.36. The Morgan fingerprint density at radius 3 is 2.75 bits per heavy atom. The van der Waals surface area contributed by atoms with Gasteiger partial charge in [-0.25, -0.2) is 14.5 Å². The molecule has 0 aliphatic heterocycles. The first-order chi connectivity index (χ1) is 13.4. The fraction of sp³-hybridized carbons (Fsp3) is 0.158. The molecule has 0 unspecified atom stereocenters. The number of benzene rings is 1. The Balaban J connectivity index is 1.86. The molecule has 1 aromatic carbocycles. The monoisotopic (exact) mass is 418 g/mol. The van der Waals surface area contributed by atoms with Crippen LogP contribution in [0.4, 0.5) is 5.69 Å². The van der Waals surface area contributed by atoms with Gasteiger partial charge in [-0.2, -0.15) is 5.10 Å². The fourth-order valence-electron chi connectivity index (χ4n) is 2.56. The Bertz CT molecular complexity index is 1050. The van der Waals surface area contributed by atoms with E-state index in [1.54, 1.807) is 42.8 Å². The van der Waals surface area contributed by atoms with Crippen molar-refractivity contribution in [3.8, 4) is 5.69 Å². The van der Waals surface area contributed by atoms with Gasteiger partial charge in [0.25, 0.3) is 5.91 Å². The van der Waals surface area contributed by atoms with E-state index in [1.807, 2.05) is 0 Å². The molecule has 28 heavy (non-hydrogen) atoms. The van der Waals surface area contributed by atoms with Crippen LogP contribution >= 0.6 is 23.2 Å². The van der Waals surface area contributed by atoms with E-state index < -0.39 is 11.9 Å².